The molecule has 0 saturated heterocycles. The van der Waals surface area contributed by atoms with E-state index < -0.39 is 0 Å². The number of benzene rings is 2. The summed E-state index contributed by atoms with van der Waals surface area (Å²) in [6.07, 6.45) is 0.674. The van der Waals surface area contributed by atoms with Crippen LogP contribution in [0.1, 0.15) is 29.7 Å². The molecule has 2 aromatic rings. The SMILES string of the molecule is CCNC(Cc1cc(F)ccc1Cl)c1cccc(C)c1. The number of hydrogen-bond donors (Lipinski definition) is 1. The predicted molar refractivity (Wildman–Crippen MR) is 82.7 cm³/mol. The molecule has 2 aromatic carbocycles. The lowest BCUT2D eigenvalue weighted by molar-refractivity contribution is 0.546. The van der Waals surface area contributed by atoms with Gasteiger partial charge in [0.05, 0.1) is 0 Å². The maximum Gasteiger partial charge on any atom is 0.123 e. The van der Waals surface area contributed by atoms with Crippen molar-refractivity contribution in [2.45, 2.75) is 26.3 Å². The molecular formula is C17H19ClFN. The monoisotopic (exact) mass is 291 g/mol. The van der Waals surface area contributed by atoms with Crippen LogP contribution in [0, 0.1) is 12.7 Å². The summed E-state index contributed by atoms with van der Waals surface area (Å²) in [6, 6.07) is 13.0. The van der Waals surface area contributed by atoms with Gasteiger partial charge in [0.25, 0.3) is 0 Å². The van der Waals surface area contributed by atoms with Crippen LogP contribution in [0.5, 0.6) is 0 Å². The Kier molecular flexibility index (Phi) is 5.16. The third kappa shape index (κ3) is 3.81. The van der Waals surface area contributed by atoms with E-state index in [9.17, 15) is 4.39 Å². The molecule has 2 rings (SSSR count). The molecule has 1 N–H and O–H groups in total. The molecule has 0 aliphatic heterocycles. The standard InChI is InChI=1S/C17H19ClFN/c1-3-20-17(13-6-4-5-12(2)9-13)11-14-10-15(19)7-8-16(14)18/h4-10,17,20H,3,11H2,1-2H3. The summed E-state index contributed by atoms with van der Waals surface area (Å²) in [7, 11) is 0. The predicted octanol–water partition coefficient (Wildman–Crippen LogP) is 4.68. The van der Waals surface area contributed by atoms with Crippen molar-refractivity contribution in [3.05, 3.63) is 70.0 Å². The van der Waals surface area contributed by atoms with E-state index >= 15 is 0 Å². The molecule has 0 fully saturated rings. The van der Waals surface area contributed by atoms with Crippen molar-refractivity contribution in [1.82, 2.24) is 5.32 Å². The molecule has 0 heterocycles. The number of halogens is 2. The second kappa shape index (κ2) is 6.87. The molecule has 20 heavy (non-hydrogen) atoms. The Bertz CT molecular complexity index is 583. The van der Waals surface area contributed by atoms with Gasteiger partial charge in [-0.3, -0.25) is 0 Å². The van der Waals surface area contributed by atoms with Gasteiger partial charge in [0.1, 0.15) is 5.82 Å². The summed E-state index contributed by atoms with van der Waals surface area (Å²) in [5, 5.41) is 4.05. The van der Waals surface area contributed by atoms with Gasteiger partial charge in [-0.15, -0.1) is 0 Å². The van der Waals surface area contributed by atoms with Gasteiger partial charge in [-0.05, 0) is 49.2 Å². The molecule has 1 unspecified atom stereocenters. The molecular weight excluding hydrogens is 273 g/mol. The second-order valence-electron chi connectivity index (χ2n) is 4.96. The number of likely N-dealkylation sites (N-methyl/N-ethyl adjacent to an activating group) is 1. The van der Waals surface area contributed by atoms with Gasteiger partial charge in [0.2, 0.25) is 0 Å². The van der Waals surface area contributed by atoms with Crippen LogP contribution in [0.25, 0.3) is 0 Å². The third-order valence-corrected chi connectivity index (χ3v) is 3.70. The lowest BCUT2D eigenvalue weighted by atomic mass is 9.97. The van der Waals surface area contributed by atoms with Crippen LogP contribution in [0.15, 0.2) is 42.5 Å². The van der Waals surface area contributed by atoms with Gasteiger partial charge < -0.3 is 5.32 Å². The van der Waals surface area contributed by atoms with Crippen LogP contribution in [0.4, 0.5) is 4.39 Å². The Labute approximate surface area is 124 Å². The van der Waals surface area contributed by atoms with Gasteiger partial charge in [-0.1, -0.05) is 48.4 Å². The van der Waals surface area contributed by atoms with Crippen molar-refractivity contribution in [3.8, 4) is 0 Å². The molecule has 0 saturated carbocycles. The van der Waals surface area contributed by atoms with Crippen molar-refractivity contribution in [2.75, 3.05) is 6.54 Å². The minimum absolute atomic E-state index is 0.138. The smallest absolute Gasteiger partial charge is 0.123 e. The maximum absolute atomic E-state index is 13.4. The van der Waals surface area contributed by atoms with Crippen LogP contribution in [0.3, 0.4) is 0 Å². The Morgan fingerprint density at radius 3 is 2.70 bits per heavy atom. The van der Waals surface area contributed by atoms with Crippen LogP contribution in [-0.4, -0.2) is 6.54 Å². The Balaban J connectivity index is 2.27. The van der Waals surface area contributed by atoms with E-state index in [1.165, 1.54) is 23.3 Å². The molecule has 106 valence electrons. The minimum Gasteiger partial charge on any atom is -0.310 e. The topological polar surface area (TPSA) is 12.0 Å². The summed E-state index contributed by atoms with van der Waals surface area (Å²) >= 11 is 6.16. The fourth-order valence-corrected chi connectivity index (χ4v) is 2.56. The van der Waals surface area contributed by atoms with Gasteiger partial charge in [-0.25, -0.2) is 4.39 Å². The van der Waals surface area contributed by atoms with Crippen molar-refractivity contribution in [2.24, 2.45) is 0 Å². The van der Waals surface area contributed by atoms with E-state index in [0.717, 1.165) is 12.1 Å². The number of aryl methyl sites for hydroxylation is 1. The summed E-state index contributed by atoms with van der Waals surface area (Å²) in [5.74, 6) is -0.246. The van der Waals surface area contributed by atoms with E-state index in [2.05, 4.69) is 37.4 Å². The highest BCUT2D eigenvalue weighted by molar-refractivity contribution is 6.31. The van der Waals surface area contributed by atoms with Crippen molar-refractivity contribution < 1.29 is 4.39 Å². The first kappa shape index (κ1) is 15.0. The zero-order valence-electron chi connectivity index (χ0n) is 11.8. The summed E-state index contributed by atoms with van der Waals surface area (Å²) in [5.41, 5.74) is 3.25. The number of nitrogens with one attached hydrogen (secondary N) is 1. The first-order valence-corrected chi connectivity index (χ1v) is 7.22. The fraction of sp³-hybridized carbons (Fsp3) is 0.294. The Hall–Kier alpha value is -1.38. The van der Waals surface area contributed by atoms with Crippen LogP contribution >= 0.6 is 11.6 Å². The highest BCUT2D eigenvalue weighted by Gasteiger charge is 2.13. The van der Waals surface area contributed by atoms with Gasteiger partial charge in [0.15, 0.2) is 0 Å². The summed E-state index contributed by atoms with van der Waals surface area (Å²) in [6.45, 7) is 4.99. The van der Waals surface area contributed by atoms with Gasteiger partial charge in [0, 0.05) is 11.1 Å². The van der Waals surface area contributed by atoms with Crippen molar-refractivity contribution in [1.29, 1.82) is 0 Å². The molecule has 0 amide bonds. The molecule has 0 aliphatic rings. The Morgan fingerprint density at radius 1 is 1.20 bits per heavy atom. The number of hydrogen-bond acceptors (Lipinski definition) is 1. The lowest BCUT2D eigenvalue weighted by Gasteiger charge is -2.19. The Morgan fingerprint density at radius 2 is 2.00 bits per heavy atom. The van der Waals surface area contributed by atoms with E-state index in [1.807, 2.05) is 6.07 Å². The van der Waals surface area contributed by atoms with Crippen LogP contribution < -0.4 is 5.32 Å². The van der Waals surface area contributed by atoms with Crippen LogP contribution in [0.2, 0.25) is 5.02 Å². The summed E-state index contributed by atoms with van der Waals surface area (Å²) in [4.78, 5) is 0. The average molecular weight is 292 g/mol. The molecule has 0 radical (unpaired) electrons. The van der Waals surface area contributed by atoms with E-state index in [-0.39, 0.29) is 11.9 Å². The molecule has 0 aliphatic carbocycles. The highest BCUT2D eigenvalue weighted by Crippen LogP contribution is 2.25. The average Bonchev–Trinajstić information content (AvgIpc) is 2.42. The van der Waals surface area contributed by atoms with Crippen LogP contribution in [-0.2, 0) is 6.42 Å². The molecule has 1 atom stereocenters. The second-order valence-corrected chi connectivity index (χ2v) is 5.37. The zero-order chi connectivity index (χ0) is 14.5. The third-order valence-electron chi connectivity index (χ3n) is 3.33. The van der Waals surface area contributed by atoms with E-state index in [1.54, 1.807) is 6.07 Å². The molecule has 0 bridgehead atoms. The highest BCUT2D eigenvalue weighted by atomic mass is 35.5. The van der Waals surface area contributed by atoms with Gasteiger partial charge >= 0.3 is 0 Å². The largest absolute Gasteiger partial charge is 0.310 e. The van der Waals surface area contributed by atoms with Gasteiger partial charge in [-0.2, -0.15) is 0 Å². The zero-order valence-corrected chi connectivity index (χ0v) is 12.5. The molecule has 0 aromatic heterocycles. The normalized spacial score (nSPS) is 12.4. The summed E-state index contributed by atoms with van der Waals surface area (Å²) < 4.78 is 13.4. The molecule has 0 spiro atoms. The first-order valence-electron chi connectivity index (χ1n) is 6.84. The van der Waals surface area contributed by atoms with Crippen molar-refractivity contribution >= 4 is 11.6 Å². The first-order chi connectivity index (χ1) is 9.60. The van der Waals surface area contributed by atoms with Crippen molar-refractivity contribution in [3.63, 3.8) is 0 Å². The lowest BCUT2D eigenvalue weighted by Crippen LogP contribution is -2.23. The number of rotatable bonds is 5. The van der Waals surface area contributed by atoms with E-state index in [0.29, 0.717) is 11.4 Å². The molecule has 1 nitrogen and oxygen atoms in total. The minimum atomic E-state index is -0.246. The maximum atomic E-state index is 13.4. The fourth-order valence-electron chi connectivity index (χ4n) is 2.36. The van der Waals surface area contributed by atoms with E-state index in [4.69, 9.17) is 11.6 Å². The quantitative estimate of drug-likeness (QED) is 0.843. The molecule has 3 heteroatoms.